The largest absolute Gasteiger partial charge is 0.321 e. The summed E-state index contributed by atoms with van der Waals surface area (Å²) in [6.07, 6.45) is 3.02. The predicted octanol–water partition coefficient (Wildman–Crippen LogP) is 1.67. The summed E-state index contributed by atoms with van der Waals surface area (Å²) in [6.45, 7) is 0. The van der Waals surface area contributed by atoms with E-state index < -0.39 is 0 Å². The minimum absolute atomic E-state index is 0.188. The van der Waals surface area contributed by atoms with Gasteiger partial charge in [-0.3, -0.25) is 10.1 Å². The SMILES string of the molecule is O=C(Nc1nc2ncncc2[nH]1)c1cccs1. The number of carbonyl (C=O) groups is 1. The summed E-state index contributed by atoms with van der Waals surface area (Å²) in [5.41, 5.74) is 1.22. The van der Waals surface area contributed by atoms with E-state index >= 15 is 0 Å². The van der Waals surface area contributed by atoms with Crippen LogP contribution in [0.5, 0.6) is 0 Å². The zero-order valence-electron chi connectivity index (χ0n) is 8.54. The fourth-order valence-corrected chi connectivity index (χ4v) is 2.02. The molecule has 0 aliphatic heterocycles. The van der Waals surface area contributed by atoms with E-state index in [2.05, 4.69) is 25.3 Å². The molecule has 0 saturated carbocycles. The first-order valence-corrected chi connectivity index (χ1v) is 5.71. The number of anilines is 1. The van der Waals surface area contributed by atoms with Crippen molar-refractivity contribution in [3.05, 3.63) is 34.9 Å². The van der Waals surface area contributed by atoms with Crippen LogP contribution in [0.4, 0.5) is 5.95 Å². The van der Waals surface area contributed by atoms with Gasteiger partial charge in [-0.05, 0) is 11.4 Å². The number of hydrogen-bond donors (Lipinski definition) is 2. The van der Waals surface area contributed by atoms with Crippen molar-refractivity contribution in [3.8, 4) is 0 Å². The van der Waals surface area contributed by atoms with Crippen LogP contribution in [0.3, 0.4) is 0 Å². The fourth-order valence-electron chi connectivity index (χ4n) is 1.40. The monoisotopic (exact) mass is 245 g/mol. The zero-order valence-corrected chi connectivity index (χ0v) is 9.36. The molecule has 7 heteroatoms. The summed E-state index contributed by atoms with van der Waals surface area (Å²) < 4.78 is 0. The van der Waals surface area contributed by atoms with E-state index in [1.165, 1.54) is 17.7 Å². The van der Waals surface area contributed by atoms with E-state index in [4.69, 9.17) is 0 Å². The maximum absolute atomic E-state index is 11.8. The number of aromatic amines is 1. The van der Waals surface area contributed by atoms with Crippen molar-refractivity contribution in [2.45, 2.75) is 0 Å². The molecule has 1 amide bonds. The van der Waals surface area contributed by atoms with Crippen LogP contribution in [0.2, 0.25) is 0 Å². The van der Waals surface area contributed by atoms with Crippen LogP contribution in [0, 0.1) is 0 Å². The third kappa shape index (κ3) is 1.87. The van der Waals surface area contributed by atoms with E-state index in [9.17, 15) is 4.79 Å². The van der Waals surface area contributed by atoms with Gasteiger partial charge in [0.1, 0.15) is 11.8 Å². The van der Waals surface area contributed by atoms with Gasteiger partial charge in [-0.25, -0.2) is 9.97 Å². The van der Waals surface area contributed by atoms with Gasteiger partial charge >= 0.3 is 0 Å². The Labute approximate surface area is 99.8 Å². The number of hydrogen-bond acceptors (Lipinski definition) is 5. The van der Waals surface area contributed by atoms with Crippen molar-refractivity contribution in [3.63, 3.8) is 0 Å². The van der Waals surface area contributed by atoms with E-state index in [-0.39, 0.29) is 5.91 Å². The lowest BCUT2D eigenvalue weighted by molar-refractivity contribution is 0.103. The van der Waals surface area contributed by atoms with Gasteiger partial charge in [-0.15, -0.1) is 11.3 Å². The van der Waals surface area contributed by atoms with Crippen LogP contribution in [0.1, 0.15) is 9.67 Å². The first-order valence-electron chi connectivity index (χ1n) is 4.83. The Morgan fingerprint density at radius 1 is 1.47 bits per heavy atom. The standard InChI is InChI=1S/C10H7N5OS/c16-9(7-2-1-3-17-7)15-10-13-6-4-11-5-12-8(6)14-10/h1-5H,(H2,11,12,13,14,15,16). The number of aromatic nitrogens is 4. The first kappa shape index (κ1) is 9.91. The Morgan fingerprint density at radius 2 is 2.41 bits per heavy atom. The molecular weight excluding hydrogens is 238 g/mol. The summed E-state index contributed by atoms with van der Waals surface area (Å²) in [5, 5.41) is 4.52. The lowest BCUT2D eigenvalue weighted by Crippen LogP contribution is -2.11. The number of rotatable bonds is 2. The first-order chi connectivity index (χ1) is 8.33. The molecule has 0 spiro atoms. The van der Waals surface area contributed by atoms with Crippen LogP contribution < -0.4 is 5.32 Å². The molecule has 3 heterocycles. The number of fused-ring (bicyclic) bond motifs is 1. The van der Waals surface area contributed by atoms with Gasteiger partial charge in [0.2, 0.25) is 5.95 Å². The molecule has 0 unspecified atom stereocenters. The van der Waals surface area contributed by atoms with Crippen molar-refractivity contribution >= 4 is 34.4 Å². The predicted molar refractivity (Wildman–Crippen MR) is 64.0 cm³/mol. The molecule has 0 atom stereocenters. The average Bonchev–Trinajstić information content (AvgIpc) is 2.97. The van der Waals surface area contributed by atoms with Crippen LogP contribution in [-0.4, -0.2) is 25.8 Å². The molecule has 17 heavy (non-hydrogen) atoms. The molecule has 0 aliphatic carbocycles. The second-order valence-electron chi connectivity index (χ2n) is 3.28. The van der Waals surface area contributed by atoms with Gasteiger partial charge in [0, 0.05) is 0 Å². The maximum Gasteiger partial charge on any atom is 0.268 e. The molecule has 0 aromatic carbocycles. The molecule has 0 saturated heterocycles. The van der Waals surface area contributed by atoms with Gasteiger partial charge in [-0.1, -0.05) is 6.07 Å². The number of imidazole rings is 1. The number of H-pyrrole nitrogens is 1. The lowest BCUT2D eigenvalue weighted by atomic mass is 10.4. The minimum Gasteiger partial charge on any atom is -0.321 e. The van der Waals surface area contributed by atoms with Crippen LogP contribution >= 0.6 is 11.3 Å². The Balaban J connectivity index is 1.88. The van der Waals surface area contributed by atoms with Crippen LogP contribution in [0.15, 0.2) is 30.0 Å². The molecular formula is C10H7N5OS. The smallest absolute Gasteiger partial charge is 0.268 e. The van der Waals surface area contributed by atoms with E-state index in [0.717, 1.165) is 0 Å². The molecule has 3 rings (SSSR count). The quantitative estimate of drug-likeness (QED) is 0.719. The van der Waals surface area contributed by atoms with Gasteiger partial charge < -0.3 is 4.98 Å². The highest BCUT2D eigenvalue weighted by Gasteiger charge is 2.10. The average molecular weight is 245 g/mol. The number of amides is 1. The molecule has 3 aromatic heterocycles. The van der Waals surface area contributed by atoms with Gasteiger partial charge in [0.25, 0.3) is 5.91 Å². The Kier molecular flexibility index (Phi) is 2.30. The lowest BCUT2D eigenvalue weighted by Gasteiger charge is -1.97. The molecule has 3 aromatic rings. The topological polar surface area (TPSA) is 83.6 Å². The van der Waals surface area contributed by atoms with Crippen molar-refractivity contribution < 1.29 is 4.79 Å². The molecule has 0 fully saturated rings. The van der Waals surface area contributed by atoms with Crippen molar-refractivity contribution in [1.82, 2.24) is 19.9 Å². The maximum atomic E-state index is 11.8. The van der Waals surface area contributed by atoms with E-state index in [1.807, 2.05) is 11.4 Å². The molecule has 0 radical (unpaired) electrons. The summed E-state index contributed by atoms with van der Waals surface area (Å²) in [6, 6.07) is 3.58. The van der Waals surface area contributed by atoms with Gasteiger partial charge in [-0.2, -0.15) is 4.98 Å². The second kappa shape index (κ2) is 3.95. The van der Waals surface area contributed by atoms with Crippen molar-refractivity contribution in [2.75, 3.05) is 5.32 Å². The highest BCUT2D eigenvalue weighted by atomic mass is 32.1. The number of nitrogens with zero attached hydrogens (tertiary/aromatic N) is 3. The highest BCUT2D eigenvalue weighted by Crippen LogP contribution is 2.13. The number of nitrogens with one attached hydrogen (secondary N) is 2. The Bertz CT molecular complexity index is 627. The van der Waals surface area contributed by atoms with Crippen molar-refractivity contribution in [2.24, 2.45) is 0 Å². The number of carbonyl (C=O) groups excluding carboxylic acids is 1. The van der Waals surface area contributed by atoms with Gasteiger partial charge in [0.15, 0.2) is 5.65 Å². The molecule has 2 N–H and O–H groups in total. The van der Waals surface area contributed by atoms with E-state index in [1.54, 1.807) is 12.3 Å². The highest BCUT2D eigenvalue weighted by molar-refractivity contribution is 7.12. The molecule has 84 valence electrons. The normalized spacial score (nSPS) is 10.6. The zero-order chi connectivity index (χ0) is 11.7. The summed E-state index contributed by atoms with van der Waals surface area (Å²) in [4.78, 5) is 27.3. The van der Waals surface area contributed by atoms with Crippen LogP contribution in [-0.2, 0) is 0 Å². The summed E-state index contributed by atoms with van der Waals surface area (Å²) in [7, 11) is 0. The molecule has 6 nitrogen and oxygen atoms in total. The van der Waals surface area contributed by atoms with E-state index in [0.29, 0.717) is 22.0 Å². The Morgan fingerprint density at radius 3 is 3.18 bits per heavy atom. The third-order valence-corrected chi connectivity index (χ3v) is 3.01. The Hall–Kier alpha value is -2.28. The van der Waals surface area contributed by atoms with Crippen LogP contribution in [0.25, 0.3) is 11.2 Å². The second-order valence-corrected chi connectivity index (χ2v) is 4.22. The summed E-state index contributed by atoms with van der Waals surface area (Å²) >= 11 is 1.38. The fraction of sp³-hybridized carbons (Fsp3) is 0. The van der Waals surface area contributed by atoms with Gasteiger partial charge in [0.05, 0.1) is 11.1 Å². The summed E-state index contributed by atoms with van der Waals surface area (Å²) in [5.74, 6) is 0.186. The molecule has 0 bridgehead atoms. The molecule has 0 aliphatic rings. The third-order valence-electron chi connectivity index (χ3n) is 2.14. The minimum atomic E-state index is -0.188. The number of thiophene rings is 1. The van der Waals surface area contributed by atoms with Crippen molar-refractivity contribution in [1.29, 1.82) is 0 Å².